The minimum Gasteiger partial charge on any atom is -0.455 e. The van der Waals surface area contributed by atoms with E-state index < -0.39 is 0 Å². The van der Waals surface area contributed by atoms with Crippen LogP contribution in [-0.2, 0) is 19.7 Å². The number of anilines is 1. The predicted octanol–water partition coefficient (Wildman–Crippen LogP) is 3.12. The molecule has 0 unspecified atom stereocenters. The lowest BCUT2D eigenvalue weighted by Crippen LogP contribution is -2.21. The Balaban J connectivity index is 1.81. The molecule has 1 aromatic carbocycles. The minimum absolute atomic E-state index is 0.0103. The number of amides is 1. The zero-order chi connectivity index (χ0) is 15.6. The van der Waals surface area contributed by atoms with Crippen molar-refractivity contribution in [1.82, 2.24) is 0 Å². The molecule has 1 amide bonds. The van der Waals surface area contributed by atoms with Crippen LogP contribution in [0.5, 0.6) is 0 Å². The van der Waals surface area contributed by atoms with Gasteiger partial charge in [0.1, 0.15) is 0 Å². The summed E-state index contributed by atoms with van der Waals surface area (Å²) in [5, 5.41) is 2.73. The Morgan fingerprint density at radius 2 is 1.81 bits per heavy atom. The first-order chi connectivity index (χ1) is 9.77. The topological polar surface area (TPSA) is 55.4 Å². The third kappa shape index (κ3) is 4.31. The molecule has 1 aliphatic carbocycles. The van der Waals surface area contributed by atoms with Crippen molar-refractivity contribution in [2.45, 2.75) is 39.5 Å². The van der Waals surface area contributed by atoms with Gasteiger partial charge in [0.2, 0.25) is 0 Å². The van der Waals surface area contributed by atoms with Crippen LogP contribution >= 0.6 is 0 Å². The van der Waals surface area contributed by atoms with Crippen molar-refractivity contribution in [3.63, 3.8) is 0 Å². The highest BCUT2D eigenvalue weighted by Gasteiger charge is 2.40. The standard InChI is InChI=1S/C17H23NO3/c1-11-9-14(11)16(20)21-10-15(19)18-13-7-5-12(6-8-13)17(2,3)4/h5-8,11,14H,9-10H2,1-4H3,(H,18,19)/t11-,14+/m1/s1. The third-order valence-corrected chi connectivity index (χ3v) is 3.79. The molecule has 0 bridgehead atoms. The number of ether oxygens (including phenoxy) is 1. The summed E-state index contributed by atoms with van der Waals surface area (Å²) in [6, 6.07) is 7.72. The molecule has 114 valence electrons. The molecule has 0 heterocycles. The quantitative estimate of drug-likeness (QED) is 0.866. The summed E-state index contributed by atoms with van der Waals surface area (Å²) in [5.41, 5.74) is 2.00. The van der Waals surface area contributed by atoms with Crippen molar-refractivity contribution < 1.29 is 14.3 Å². The molecule has 1 fully saturated rings. The van der Waals surface area contributed by atoms with E-state index in [0.717, 1.165) is 6.42 Å². The average Bonchev–Trinajstić information content (AvgIpc) is 3.13. The summed E-state index contributed by atoms with van der Waals surface area (Å²) >= 11 is 0. The zero-order valence-electron chi connectivity index (χ0n) is 13.1. The number of esters is 1. The molecule has 1 aromatic rings. The van der Waals surface area contributed by atoms with Crippen LogP contribution < -0.4 is 5.32 Å². The molecule has 21 heavy (non-hydrogen) atoms. The van der Waals surface area contributed by atoms with Gasteiger partial charge in [0.05, 0.1) is 5.92 Å². The maximum absolute atomic E-state index is 11.7. The Morgan fingerprint density at radius 3 is 2.29 bits per heavy atom. The molecule has 4 heteroatoms. The first-order valence-corrected chi connectivity index (χ1v) is 7.34. The molecule has 1 aliphatic rings. The van der Waals surface area contributed by atoms with Crippen LogP contribution in [0.4, 0.5) is 5.69 Å². The van der Waals surface area contributed by atoms with Crippen molar-refractivity contribution in [2.24, 2.45) is 11.8 Å². The first kappa shape index (κ1) is 15.5. The number of hydrogen-bond donors (Lipinski definition) is 1. The second-order valence-electron chi connectivity index (χ2n) is 6.80. The van der Waals surface area contributed by atoms with Crippen molar-refractivity contribution in [3.05, 3.63) is 29.8 Å². The predicted molar refractivity (Wildman–Crippen MR) is 82.0 cm³/mol. The lowest BCUT2D eigenvalue weighted by molar-refractivity contribution is -0.148. The highest BCUT2D eigenvalue weighted by atomic mass is 16.5. The number of nitrogens with one attached hydrogen (secondary N) is 1. The van der Waals surface area contributed by atoms with E-state index in [0.29, 0.717) is 11.6 Å². The first-order valence-electron chi connectivity index (χ1n) is 7.34. The smallest absolute Gasteiger partial charge is 0.309 e. The van der Waals surface area contributed by atoms with Crippen molar-refractivity contribution in [2.75, 3.05) is 11.9 Å². The van der Waals surface area contributed by atoms with E-state index in [1.165, 1.54) is 5.56 Å². The molecule has 0 spiro atoms. The monoisotopic (exact) mass is 289 g/mol. The van der Waals surface area contributed by atoms with E-state index in [1.54, 1.807) is 0 Å². The van der Waals surface area contributed by atoms with Gasteiger partial charge >= 0.3 is 5.97 Å². The van der Waals surface area contributed by atoms with Crippen molar-refractivity contribution >= 4 is 17.6 Å². The summed E-state index contributed by atoms with van der Waals surface area (Å²) in [5.74, 6) is -0.185. The van der Waals surface area contributed by atoms with Crippen molar-refractivity contribution in [1.29, 1.82) is 0 Å². The molecule has 0 aliphatic heterocycles. The fourth-order valence-corrected chi connectivity index (χ4v) is 2.14. The van der Waals surface area contributed by atoms with Crippen LogP contribution in [0.15, 0.2) is 24.3 Å². The van der Waals surface area contributed by atoms with Crippen molar-refractivity contribution in [3.8, 4) is 0 Å². The largest absolute Gasteiger partial charge is 0.455 e. The van der Waals surface area contributed by atoms with E-state index in [2.05, 4.69) is 26.1 Å². The van der Waals surface area contributed by atoms with Gasteiger partial charge in [-0.1, -0.05) is 39.8 Å². The van der Waals surface area contributed by atoms with Gasteiger partial charge in [0.15, 0.2) is 6.61 Å². The molecule has 0 aromatic heterocycles. The Hall–Kier alpha value is -1.84. The highest BCUT2D eigenvalue weighted by molar-refractivity contribution is 5.93. The maximum atomic E-state index is 11.7. The van der Waals surface area contributed by atoms with Gasteiger partial charge in [0.25, 0.3) is 5.91 Å². The zero-order valence-corrected chi connectivity index (χ0v) is 13.1. The molecule has 1 N–H and O–H groups in total. The van der Waals surface area contributed by atoms with E-state index in [9.17, 15) is 9.59 Å². The Morgan fingerprint density at radius 1 is 1.24 bits per heavy atom. The lowest BCUT2D eigenvalue weighted by Gasteiger charge is -2.19. The molecular weight excluding hydrogens is 266 g/mol. The number of carbonyl (C=O) groups is 2. The fraction of sp³-hybridized carbons (Fsp3) is 0.529. The Bertz CT molecular complexity index is 528. The Labute approximate surface area is 125 Å². The highest BCUT2D eigenvalue weighted by Crippen LogP contribution is 2.38. The molecule has 1 saturated carbocycles. The number of rotatable bonds is 4. The van der Waals surface area contributed by atoms with Crippen LogP contribution in [0.2, 0.25) is 0 Å². The second-order valence-corrected chi connectivity index (χ2v) is 6.80. The summed E-state index contributed by atoms with van der Waals surface area (Å²) < 4.78 is 5.00. The van der Waals surface area contributed by atoms with E-state index in [-0.39, 0.29) is 29.8 Å². The number of carbonyl (C=O) groups excluding carboxylic acids is 2. The molecule has 2 rings (SSSR count). The van der Waals surface area contributed by atoms with Crippen LogP contribution in [0, 0.1) is 11.8 Å². The van der Waals surface area contributed by atoms with Gasteiger partial charge in [-0.05, 0) is 35.4 Å². The van der Waals surface area contributed by atoms with Gasteiger partial charge < -0.3 is 10.1 Å². The molecule has 0 saturated heterocycles. The van der Waals surface area contributed by atoms with Crippen LogP contribution in [0.1, 0.15) is 39.7 Å². The van der Waals surface area contributed by atoms with Gasteiger partial charge in [-0.2, -0.15) is 0 Å². The SMILES string of the molecule is C[C@@H]1C[C@@H]1C(=O)OCC(=O)Nc1ccc(C(C)(C)C)cc1. The van der Waals surface area contributed by atoms with E-state index in [1.807, 2.05) is 31.2 Å². The van der Waals surface area contributed by atoms with Gasteiger partial charge in [0, 0.05) is 5.69 Å². The number of benzene rings is 1. The van der Waals surface area contributed by atoms with Crippen LogP contribution in [-0.4, -0.2) is 18.5 Å². The third-order valence-electron chi connectivity index (χ3n) is 3.79. The minimum atomic E-state index is -0.305. The molecule has 4 nitrogen and oxygen atoms in total. The molecule has 2 atom stereocenters. The van der Waals surface area contributed by atoms with Crippen LogP contribution in [0.25, 0.3) is 0 Å². The normalized spacial score (nSPS) is 20.8. The fourth-order valence-electron chi connectivity index (χ4n) is 2.14. The summed E-state index contributed by atoms with van der Waals surface area (Å²) in [7, 11) is 0. The van der Waals surface area contributed by atoms with Gasteiger partial charge in [-0.3, -0.25) is 9.59 Å². The second kappa shape index (κ2) is 5.88. The maximum Gasteiger partial charge on any atom is 0.309 e. The average molecular weight is 289 g/mol. The molecule has 0 radical (unpaired) electrons. The number of hydrogen-bond acceptors (Lipinski definition) is 3. The summed E-state index contributed by atoms with van der Waals surface area (Å²) in [6.45, 7) is 8.20. The lowest BCUT2D eigenvalue weighted by atomic mass is 9.87. The summed E-state index contributed by atoms with van der Waals surface area (Å²) in [4.78, 5) is 23.3. The van der Waals surface area contributed by atoms with Gasteiger partial charge in [-0.25, -0.2) is 0 Å². The molecular formula is C17H23NO3. The van der Waals surface area contributed by atoms with E-state index >= 15 is 0 Å². The van der Waals surface area contributed by atoms with E-state index in [4.69, 9.17) is 4.74 Å². The van der Waals surface area contributed by atoms with Gasteiger partial charge in [-0.15, -0.1) is 0 Å². The Kier molecular flexibility index (Phi) is 4.35. The van der Waals surface area contributed by atoms with Crippen LogP contribution in [0.3, 0.4) is 0 Å². The summed E-state index contributed by atoms with van der Waals surface area (Å²) in [6.07, 6.45) is 0.870.